The number of hydrazone groups is 1. The first-order valence-electron chi connectivity index (χ1n) is 7.96. The van der Waals surface area contributed by atoms with Crippen LogP contribution in [0.25, 0.3) is 10.8 Å². The van der Waals surface area contributed by atoms with Gasteiger partial charge in [0, 0.05) is 12.4 Å². The van der Waals surface area contributed by atoms with Crippen LogP contribution in [-0.4, -0.2) is 28.5 Å². The normalized spacial score (nSPS) is 11.4. The molecular weight excluding hydrogens is 332 g/mol. The second-order valence-electron chi connectivity index (χ2n) is 5.69. The van der Waals surface area contributed by atoms with E-state index in [9.17, 15) is 9.59 Å². The molecule has 0 fully saturated rings. The van der Waals surface area contributed by atoms with Crippen molar-refractivity contribution in [2.24, 2.45) is 12.1 Å². The number of hydrogen-bond acceptors (Lipinski definition) is 5. The Morgan fingerprint density at radius 2 is 1.77 bits per heavy atom. The number of ether oxygens (including phenoxy) is 1. The van der Waals surface area contributed by atoms with Gasteiger partial charge >= 0.3 is 0 Å². The topological polar surface area (TPSA) is 85.6 Å². The molecule has 132 valence electrons. The third kappa shape index (κ3) is 3.32. The Balaban J connectivity index is 1.89. The molecule has 0 saturated heterocycles. The second kappa shape index (κ2) is 7.18. The van der Waals surface area contributed by atoms with E-state index in [2.05, 4.69) is 15.6 Å². The highest BCUT2D eigenvalue weighted by atomic mass is 16.5. The fraction of sp³-hybridized carbons (Fsp3) is 0.158. The molecule has 7 heteroatoms. The first kappa shape index (κ1) is 17.3. The summed E-state index contributed by atoms with van der Waals surface area (Å²) in [5.74, 6) is 0.260. The number of fused-ring (bicyclic) bond motifs is 1. The Labute approximate surface area is 149 Å². The highest BCUT2D eigenvalue weighted by Crippen LogP contribution is 2.14. The van der Waals surface area contributed by atoms with E-state index in [1.54, 1.807) is 38.3 Å². The number of nitrogens with zero attached hydrogens (tertiary/aromatic N) is 3. The average molecular weight is 350 g/mol. The lowest BCUT2D eigenvalue weighted by Gasteiger charge is -2.07. The van der Waals surface area contributed by atoms with Crippen LogP contribution in [0.15, 0.2) is 58.4 Å². The van der Waals surface area contributed by atoms with Crippen LogP contribution in [0.3, 0.4) is 0 Å². The lowest BCUT2D eigenvalue weighted by atomic mass is 10.1. The molecule has 0 radical (unpaired) electrons. The number of aromatic nitrogens is 2. The summed E-state index contributed by atoms with van der Waals surface area (Å²) >= 11 is 0. The number of carbonyl (C=O) groups excluding carboxylic acids is 1. The minimum absolute atomic E-state index is 0.147. The minimum Gasteiger partial charge on any atom is -0.497 e. The van der Waals surface area contributed by atoms with Crippen molar-refractivity contribution in [1.29, 1.82) is 0 Å². The number of carbonyl (C=O) groups is 1. The quantitative estimate of drug-likeness (QED) is 0.577. The zero-order chi connectivity index (χ0) is 18.7. The number of hydrogen-bond donors (Lipinski definition) is 1. The summed E-state index contributed by atoms with van der Waals surface area (Å²) in [4.78, 5) is 24.7. The Bertz CT molecular complexity index is 1050. The van der Waals surface area contributed by atoms with Crippen LogP contribution < -0.4 is 15.7 Å². The molecule has 1 aromatic heterocycles. The molecule has 3 aromatic rings. The van der Waals surface area contributed by atoms with Gasteiger partial charge in [-0.3, -0.25) is 9.59 Å². The maximum absolute atomic E-state index is 12.5. The van der Waals surface area contributed by atoms with Gasteiger partial charge in [-0.25, -0.2) is 10.1 Å². The molecule has 1 heterocycles. The monoisotopic (exact) mass is 350 g/mol. The number of methoxy groups -OCH3 is 1. The molecule has 7 nitrogen and oxygen atoms in total. The Kier molecular flexibility index (Phi) is 4.79. The van der Waals surface area contributed by atoms with Gasteiger partial charge in [0.2, 0.25) is 0 Å². The van der Waals surface area contributed by atoms with Crippen molar-refractivity contribution in [2.75, 3.05) is 7.11 Å². The van der Waals surface area contributed by atoms with Crippen LogP contribution in [0, 0.1) is 0 Å². The smallest absolute Gasteiger partial charge is 0.292 e. The van der Waals surface area contributed by atoms with E-state index in [4.69, 9.17) is 4.74 Å². The molecule has 0 aliphatic carbocycles. The highest BCUT2D eigenvalue weighted by Gasteiger charge is 2.15. The lowest BCUT2D eigenvalue weighted by molar-refractivity contribution is 0.0949. The summed E-state index contributed by atoms with van der Waals surface area (Å²) in [5.41, 5.74) is 3.88. The SMILES string of the molecule is COc1ccc(/C(C)=N\NC(=O)c2nn(C)c(=O)c3ccccc23)cc1. The maximum Gasteiger partial charge on any atom is 0.292 e. The molecule has 3 rings (SSSR count). The number of benzene rings is 2. The third-order valence-electron chi connectivity index (χ3n) is 4.00. The van der Waals surface area contributed by atoms with Crippen LogP contribution in [-0.2, 0) is 7.05 Å². The van der Waals surface area contributed by atoms with Gasteiger partial charge in [0.25, 0.3) is 11.5 Å². The largest absolute Gasteiger partial charge is 0.497 e. The molecule has 0 aliphatic rings. The molecular formula is C19H18N4O3. The van der Waals surface area contributed by atoms with E-state index in [0.717, 1.165) is 16.0 Å². The van der Waals surface area contributed by atoms with Crippen LogP contribution in [0.1, 0.15) is 23.0 Å². The number of amides is 1. The summed E-state index contributed by atoms with van der Waals surface area (Å²) in [6.45, 7) is 1.79. The van der Waals surface area contributed by atoms with E-state index in [1.165, 1.54) is 7.05 Å². The van der Waals surface area contributed by atoms with Crippen molar-refractivity contribution in [3.05, 3.63) is 70.1 Å². The molecule has 0 spiro atoms. The average Bonchev–Trinajstić information content (AvgIpc) is 2.68. The van der Waals surface area contributed by atoms with Gasteiger partial charge in [-0.1, -0.05) is 18.2 Å². The van der Waals surface area contributed by atoms with E-state index in [0.29, 0.717) is 16.5 Å². The maximum atomic E-state index is 12.5. The fourth-order valence-corrected chi connectivity index (χ4v) is 2.55. The van der Waals surface area contributed by atoms with Crippen LogP contribution in [0.2, 0.25) is 0 Å². The van der Waals surface area contributed by atoms with Crippen LogP contribution in [0.4, 0.5) is 0 Å². The van der Waals surface area contributed by atoms with Gasteiger partial charge in [-0.15, -0.1) is 0 Å². The van der Waals surface area contributed by atoms with Gasteiger partial charge in [-0.2, -0.15) is 10.2 Å². The van der Waals surface area contributed by atoms with Crippen LogP contribution >= 0.6 is 0 Å². The van der Waals surface area contributed by atoms with Crippen molar-refractivity contribution in [3.63, 3.8) is 0 Å². The molecule has 0 atom stereocenters. The van der Waals surface area contributed by atoms with Crippen molar-refractivity contribution >= 4 is 22.4 Å². The van der Waals surface area contributed by atoms with Gasteiger partial charge in [0.15, 0.2) is 5.69 Å². The number of nitrogens with one attached hydrogen (secondary N) is 1. The standard InChI is InChI=1S/C19H18N4O3/c1-12(13-8-10-14(26-3)11-9-13)20-21-18(24)17-15-6-4-5-7-16(15)19(25)23(2)22-17/h4-11H,1-3H3,(H,21,24)/b20-12-. The van der Waals surface area contributed by atoms with Gasteiger partial charge in [0.1, 0.15) is 5.75 Å². The first-order chi connectivity index (χ1) is 12.5. The van der Waals surface area contributed by atoms with Gasteiger partial charge in [0.05, 0.1) is 18.2 Å². The Morgan fingerprint density at radius 3 is 2.42 bits per heavy atom. The summed E-state index contributed by atoms with van der Waals surface area (Å²) < 4.78 is 6.27. The molecule has 0 unspecified atom stereocenters. The zero-order valence-electron chi connectivity index (χ0n) is 14.7. The number of aryl methyl sites for hydroxylation is 1. The molecule has 1 N–H and O–H groups in total. The first-order valence-corrected chi connectivity index (χ1v) is 7.96. The molecule has 1 amide bonds. The molecule has 0 saturated carbocycles. The highest BCUT2D eigenvalue weighted by molar-refractivity contribution is 6.06. The molecule has 0 bridgehead atoms. The summed E-state index contributed by atoms with van der Waals surface area (Å²) in [6.07, 6.45) is 0. The fourth-order valence-electron chi connectivity index (χ4n) is 2.55. The van der Waals surface area contributed by atoms with Gasteiger partial charge < -0.3 is 4.74 Å². The number of rotatable bonds is 4. The second-order valence-corrected chi connectivity index (χ2v) is 5.69. The molecule has 2 aromatic carbocycles. The van der Waals surface area contributed by atoms with Crippen molar-refractivity contribution < 1.29 is 9.53 Å². The Hall–Kier alpha value is -3.48. The predicted octanol–water partition coefficient (Wildman–Crippen LogP) is 2.10. The van der Waals surface area contributed by atoms with E-state index >= 15 is 0 Å². The van der Waals surface area contributed by atoms with E-state index in [-0.39, 0.29) is 11.3 Å². The minimum atomic E-state index is -0.482. The van der Waals surface area contributed by atoms with E-state index < -0.39 is 5.91 Å². The van der Waals surface area contributed by atoms with Crippen molar-refractivity contribution in [2.45, 2.75) is 6.92 Å². The zero-order valence-corrected chi connectivity index (χ0v) is 14.7. The van der Waals surface area contributed by atoms with Gasteiger partial charge in [-0.05, 0) is 42.8 Å². The van der Waals surface area contributed by atoms with Crippen molar-refractivity contribution in [1.82, 2.24) is 15.2 Å². The molecule has 26 heavy (non-hydrogen) atoms. The van der Waals surface area contributed by atoms with Crippen LogP contribution in [0.5, 0.6) is 5.75 Å². The Morgan fingerprint density at radius 1 is 1.12 bits per heavy atom. The summed E-state index contributed by atoms with van der Waals surface area (Å²) in [6, 6.07) is 14.2. The molecule has 0 aliphatic heterocycles. The predicted molar refractivity (Wildman–Crippen MR) is 99.7 cm³/mol. The lowest BCUT2D eigenvalue weighted by Crippen LogP contribution is -2.27. The summed E-state index contributed by atoms with van der Waals surface area (Å²) in [5, 5.41) is 9.14. The van der Waals surface area contributed by atoms with Crippen molar-refractivity contribution in [3.8, 4) is 5.75 Å². The van der Waals surface area contributed by atoms with E-state index in [1.807, 2.05) is 24.3 Å². The third-order valence-corrected chi connectivity index (χ3v) is 4.00. The summed E-state index contributed by atoms with van der Waals surface area (Å²) in [7, 11) is 3.11.